The van der Waals surface area contributed by atoms with E-state index in [1.165, 1.54) is 6.07 Å². The summed E-state index contributed by atoms with van der Waals surface area (Å²) in [6.45, 7) is 1.80. The molecule has 2 aromatic rings. The lowest BCUT2D eigenvalue weighted by Gasteiger charge is -2.11. The van der Waals surface area contributed by atoms with Crippen molar-refractivity contribution >= 4 is 28.4 Å². The van der Waals surface area contributed by atoms with Crippen LogP contribution in [-0.2, 0) is 6.18 Å². The molecule has 0 spiro atoms. The second-order valence-electron chi connectivity index (χ2n) is 4.46. The molecule has 0 saturated carbocycles. The molecule has 0 atom stereocenters. The van der Waals surface area contributed by atoms with Gasteiger partial charge in [-0.2, -0.15) is 13.2 Å². The Balaban J connectivity index is 2.52. The molecule has 2 rings (SSSR count). The van der Waals surface area contributed by atoms with Gasteiger partial charge in [-0.1, -0.05) is 12.1 Å². The lowest BCUT2D eigenvalue weighted by Crippen LogP contribution is -2.11. The minimum absolute atomic E-state index is 0.188. The zero-order valence-electron chi connectivity index (χ0n) is 10.8. The quantitative estimate of drug-likeness (QED) is 0.389. The van der Waals surface area contributed by atoms with Crippen LogP contribution >= 0.6 is 22.6 Å². The second-order valence-corrected chi connectivity index (χ2v) is 5.54. The van der Waals surface area contributed by atoms with Crippen molar-refractivity contribution in [2.45, 2.75) is 13.1 Å². The van der Waals surface area contributed by atoms with Gasteiger partial charge in [-0.05, 0) is 59.3 Å². The first-order valence-corrected chi connectivity index (χ1v) is 6.96. The van der Waals surface area contributed by atoms with Crippen molar-refractivity contribution in [3.8, 4) is 0 Å². The predicted octanol–water partition coefficient (Wildman–Crippen LogP) is 4.99. The van der Waals surface area contributed by atoms with Crippen LogP contribution < -0.4 is 0 Å². The summed E-state index contributed by atoms with van der Waals surface area (Å²) in [4.78, 5) is 12.3. The van der Waals surface area contributed by atoms with Crippen molar-refractivity contribution in [2.75, 3.05) is 0 Å². The van der Waals surface area contributed by atoms with E-state index in [-0.39, 0.29) is 5.56 Å². The Morgan fingerprint density at radius 1 is 1.14 bits per heavy atom. The minimum atomic E-state index is -4.83. The van der Waals surface area contributed by atoms with Gasteiger partial charge in [0.1, 0.15) is 5.82 Å². The third kappa shape index (κ3) is 3.25. The highest BCUT2D eigenvalue weighted by Gasteiger charge is 2.34. The third-order valence-electron chi connectivity index (χ3n) is 2.97. The Labute approximate surface area is 132 Å². The monoisotopic (exact) mass is 408 g/mol. The summed E-state index contributed by atoms with van der Waals surface area (Å²) in [5.41, 5.74) is -0.474. The molecule has 0 amide bonds. The van der Waals surface area contributed by atoms with E-state index in [1.807, 2.05) is 22.6 Å². The van der Waals surface area contributed by atoms with Crippen molar-refractivity contribution in [2.24, 2.45) is 0 Å². The maximum atomic E-state index is 13.2. The average molecular weight is 408 g/mol. The average Bonchev–Trinajstić information content (AvgIpc) is 2.40. The van der Waals surface area contributed by atoms with Gasteiger partial charge in [0.05, 0.1) is 5.56 Å². The number of carbonyl (C=O) groups is 1. The van der Waals surface area contributed by atoms with Crippen molar-refractivity contribution in [1.29, 1.82) is 0 Å². The fourth-order valence-electron chi connectivity index (χ4n) is 1.86. The highest BCUT2D eigenvalue weighted by Crippen LogP contribution is 2.32. The molecule has 0 N–H and O–H groups in total. The van der Waals surface area contributed by atoms with Crippen LogP contribution in [0.1, 0.15) is 27.0 Å². The van der Waals surface area contributed by atoms with Crippen LogP contribution in [0.5, 0.6) is 0 Å². The highest BCUT2D eigenvalue weighted by molar-refractivity contribution is 14.1. The molecule has 0 saturated heterocycles. The zero-order valence-corrected chi connectivity index (χ0v) is 12.9. The van der Waals surface area contributed by atoms with Crippen molar-refractivity contribution in [1.82, 2.24) is 0 Å². The zero-order chi connectivity index (χ0) is 15.8. The Morgan fingerprint density at radius 3 is 2.43 bits per heavy atom. The van der Waals surface area contributed by atoms with E-state index in [4.69, 9.17) is 0 Å². The van der Waals surface area contributed by atoms with Crippen LogP contribution in [0, 0.1) is 16.3 Å². The SMILES string of the molecule is Cc1cccc(C(=O)c2ccc(F)c(C(F)(F)F)c2)c1I. The first-order valence-electron chi connectivity index (χ1n) is 5.88. The number of aryl methyl sites for hydroxylation is 1. The molecule has 0 unspecified atom stereocenters. The van der Waals surface area contributed by atoms with E-state index < -0.39 is 23.3 Å². The fourth-order valence-corrected chi connectivity index (χ4v) is 2.47. The lowest BCUT2D eigenvalue weighted by molar-refractivity contribution is -0.140. The van der Waals surface area contributed by atoms with Gasteiger partial charge >= 0.3 is 6.18 Å². The lowest BCUT2D eigenvalue weighted by atomic mass is 9.99. The molecule has 0 radical (unpaired) electrons. The van der Waals surface area contributed by atoms with Crippen LogP contribution in [0.2, 0.25) is 0 Å². The Hall–Kier alpha value is -1.44. The molecule has 21 heavy (non-hydrogen) atoms. The Kier molecular flexibility index (Phi) is 4.36. The van der Waals surface area contributed by atoms with Gasteiger partial charge < -0.3 is 0 Å². The standard InChI is InChI=1S/C15H9F4IO/c1-8-3-2-4-10(13(8)20)14(21)9-5-6-12(16)11(7-9)15(17,18)19/h2-7H,1H3. The minimum Gasteiger partial charge on any atom is -0.289 e. The van der Waals surface area contributed by atoms with E-state index in [1.54, 1.807) is 19.1 Å². The number of ketones is 1. The van der Waals surface area contributed by atoms with E-state index in [0.29, 0.717) is 21.3 Å². The third-order valence-corrected chi connectivity index (χ3v) is 4.40. The molecule has 2 aromatic carbocycles. The molecule has 6 heteroatoms. The molecule has 0 aliphatic heterocycles. The predicted molar refractivity (Wildman–Crippen MR) is 78.7 cm³/mol. The number of hydrogen-bond donors (Lipinski definition) is 0. The number of benzene rings is 2. The van der Waals surface area contributed by atoms with Gasteiger partial charge in [-0.3, -0.25) is 4.79 Å². The largest absolute Gasteiger partial charge is 0.419 e. The van der Waals surface area contributed by atoms with Crippen LogP contribution in [0.25, 0.3) is 0 Å². The van der Waals surface area contributed by atoms with Crippen LogP contribution in [0.4, 0.5) is 17.6 Å². The second kappa shape index (κ2) is 5.75. The Bertz CT molecular complexity index is 707. The highest BCUT2D eigenvalue weighted by atomic mass is 127. The molecule has 0 heterocycles. The smallest absolute Gasteiger partial charge is 0.289 e. The van der Waals surface area contributed by atoms with Gasteiger partial charge in [-0.25, -0.2) is 4.39 Å². The van der Waals surface area contributed by atoms with Crippen molar-refractivity contribution < 1.29 is 22.4 Å². The van der Waals surface area contributed by atoms with Gasteiger partial charge in [0.25, 0.3) is 0 Å². The first kappa shape index (κ1) is 15.9. The normalized spacial score (nSPS) is 11.5. The molecule has 0 aromatic heterocycles. The topological polar surface area (TPSA) is 17.1 Å². The van der Waals surface area contributed by atoms with Gasteiger partial charge in [0, 0.05) is 14.7 Å². The summed E-state index contributed by atoms with van der Waals surface area (Å²) in [5, 5.41) is 0. The van der Waals surface area contributed by atoms with E-state index >= 15 is 0 Å². The number of alkyl halides is 3. The number of halogens is 5. The van der Waals surface area contributed by atoms with Crippen molar-refractivity contribution in [3.05, 3.63) is 68.0 Å². The summed E-state index contributed by atoms with van der Waals surface area (Å²) >= 11 is 1.96. The van der Waals surface area contributed by atoms with Crippen LogP contribution in [-0.4, -0.2) is 5.78 Å². The molecule has 0 bridgehead atoms. The molecular weight excluding hydrogens is 399 g/mol. The molecule has 0 aliphatic rings. The first-order chi connectivity index (χ1) is 9.71. The van der Waals surface area contributed by atoms with Crippen LogP contribution in [0.15, 0.2) is 36.4 Å². The maximum absolute atomic E-state index is 13.2. The number of carbonyl (C=O) groups excluding carboxylic acids is 1. The summed E-state index contributed by atoms with van der Waals surface area (Å²) in [7, 11) is 0. The Morgan fingerprint density at radius 2 is 1.81 bits per heavy atom. The summed E-state index contributed by atoms with van der Waals surface area (Å²) < 4.78 is 52.0. The number of hydrogen-bond acceptors (Lipinski definition) is 1. The van der Waals surface area contributed by atoms with Gasteiger partial charge in [0.2, 0.25) is 0 Å². The van der Waals surface area contributed by atoms with Crippen LogP contribution in [0.3, 0.4) is 0 Å². The van der Waals surface area contributed by atoms with E-state index in [9.17, 15) is 22.4 Å². The van der Waals surface area contributed by atoms with Gasteiger partial charge in [-0.15, -0.1) is 0 Å². The maximum Gasteiger partial charge on any atom is 0.419 e. The molecule has 0 aliphatic carbocycles. The van der Waals surface area contributed by atoms with Gasteiger partial charge in [0.15, 0.2) is 5.78 Å². The molecule has 0 fully saturated rings. The van der Waals surface area contributed by atoms with E-state index in [0.717, 1.165) is 11.6 Å². The summed E-state index contributed by atoms with van der Waals surface area (Å²) in [6.07, 6.45) is -4.83. The van der Waals surface area contributed by atoms with Crippen molar-refractivity contribution in [3.63, 3.8) is 0 Å². The van der Waals surface area contributed by atoms with E-state index in [2.05, 4.69) is 0 Å². The summed E-state index contributed by atoms with van der Waals surface area (Å²) in [5.74, 6) is -1.95. The molecule has 1 nitrogen and oxygen atoms in total. The molecular formula is C15H9F4IO. The number of rotatable bonds is 2. The molecule has 110 valence electrons. The summed E-state index contributed by atoms with van der Waals surface area (Å²) in [6, 6.07) is 7.26. The fraction of sp³-hybridized carbons (Fsp3) is 0.133.